The van der Waals surface area contributed by atoms with E-state index in [1.165, 1.54) is 0 Å². The molecule has 166 valence electrons. The Kier molecular flexibility index (Phi) is 6.16. The fourth-order valence-electron chi connectivity index (χ4n) is 3.52. The van der Waals surface area contributed by atoms with Crippen LogP contribution in [0.3, 0.4) is 0 Å². The maximum Gasteiger partial charge on any atom is 0.419 e. The van der Waals surface area contributed by atoms with Crippen molar-refractivity contribution in [3.8, 4) is 0 Å². The van der Waals surface area contributed by atoms with Crippen molar-refractivity contribution in [3.63, 3.8) is 0 Å². The van der Waals surface area contributed by atoms with Gasteiger partial charge in [-0.15, -0.1) is 0 Å². The van der Waals surface area contributed by atoms with Crippen LogP contribution in [0.5, 0.6) is 0 Å². The second-order valence-electron chi connectivity index (χ2n) is 7.85. The molecule has 0 radical (unpaired) electrons. The van der Waals surface area contributed by atoms with Crippen LogP contribution in [-0.4, -0.2) is 45.8 Å². The summed E-state index contributed by atoms with van der Waals surface area (Å²) in [7, 11) is 3.87. The number of halogens is 1. The van der Waals surface area contributed by atoms with E-state index in [4.69, 9.17) is 16.0 Å². The molecule has 0 saturated carbocycles. The summed E-state index contributed by atoms with van der Waals surface area (Å²) < 4.78 is 8.48. The van der Waals surface area contributed by atoms with Gasteiger partial charge >= 0.3 is 5.76 Å². The van der Waals surface area contributed by atoms with E-state index < -0.39 is 5.76 Å². The van der Waals surface area contributed by atoms with E-state index in [0.717, 1.165) is 5.56 Å². The third kappa shape index (κ3) is 4.46. The number of anilines is 1. The van der Waals surface area contributed by atoms with Gasteiger partial charge in [0.1, 0.15) is 5.15 Å². The predicted molar refractivity (Wildman–Crippen MR) is 124 cm³/mol. The second kappa shape index (κ2) is 9.02. The molecule has 2 aromatic heterocycles. The minimum atomic E-state index is -0.425. The van der Waals surface area contributed by atoms with Gasteiger partial charge in [-0.1, -0.05) is 41.9 Å². The maximum absolute atomic E-state index is 13.0. The van der Waals surface area contributed by atoms with Crippen LogP contribution in [0.1, 0.15) is 21.6 Å². The van der Waals surface area contributed by atoms with Crippen LogP contribution in [0.15, 0.2) is 57.7 Å². The molecule has 9 heteroatoms. The Labute approximate surface area is 190 Å². The molecule has 0 atom stereocenters. The van der Waals surface area contributed by atoms with E-state index in [-0.39, 0.29) is 11.1 Å². The highest BCUT2D eigenvalue weighted by Gasteiger charge is 2.21. The lowest BCUT2D eigenvalue weighted by Gasteiger charge is -2.10. The molecule has 8 nitrogen and oxygen atoms in total. The molecule has 2 heterocycles. The van der Waals surface area contributed by atoms with Crippen molar-refractivity contribution in [2.24, 2.45) is 0 Å². The molecular formula is C23H24ClN5O3. The van der Waals surface area contributed by atoms with Crippen LogP contribution >= 0.6 is 11.6 Å². The van der Waals surface area contributed by atoms with Gasteiger partial charge in [0.25, 0.3) is 5.91 Å². The summed E-state index contributed by atoms with van der Waals surface area (Å²) in [5.74, 6) is -0.789. The Morgan fingerprint density at radius 3 is 2.66 bits per heavy atom. The highest BCUT2D eigenvalue weighted by Crippen LogP contribution is 2.24. The van der Waals surface area contributed by atoms with E-state index in [2.05, 4.69) is 10.4 Å². The zero-order valence-corrected chi connectivity index (χ0v) is 18.9. The van der Waals surface area contributed by atoms with Gasteiger partial charge in [-0.3, -0.25) is 9.36 Å². The highest BCUT2D eigenvalue weighted by molar-refractivity contribution is 6.33. The van der Waals surface area contributed by atoms with Gasteiger partial charge in [0, 0.05) is 18.8 Å². The van der Waals surface area contributed by atoms with Crippen molar-refractivity contribution in [3.05, 3.63) is 81.1 Å². The average Bonchev–Trinajstić information content (AvgIpc) is 3.21. The summed E-state index contributed by atoms with van der Waals surface area (Å²) in [6.45, 7) is 3.38. The Hall–Kier alpha value is -3.36. The first kappa shape index (κ1) is 21.9. The molecule has 4 rings (SSSR count). The van der Waals surface area contributed by atoms with E-state index in [1.807, 2.05) is 49.3 Å². The number of likely N-dealkylation sites (N-methyl/N-ethyl adjacent to an activating group) is 1. The van der Waals surface area contributed by atoms with Gasteiger partial charge in [0.05, 0.1) is 23.3 Å². The number of amides is 1. The minimum Gasteiger partial charge on any atom is -0.408 e. The topological polar surface area (TPSA) is 85.3 Å². The van der Waals surface area contributed by atoms with Crippen molar-refractivity contribution < 1.29 is 9.21 Å². The number of carbonyl (C=O) groups excluding carboxylic acids is 1. The smallest absolute Gasteiger partial charge is 0.408 e. The Morgan fingerprint density at radius 2 is 1.94 bits per heavy atom. The number of nitrogens with one attached hydrogen (secondary N) is 1. The predicted octanol–water partition coefficient (Wildman–Crippen LogP) is 3.62. The van der Waals surface area contributed by atoms with E-state index >= 15 is 0 Å². The van der Waals surface area contributed by atoms with Crippen LogP contribution in [-0.2, 0) is 13.1 Å². The second-order valence-corrected chi connectivity index (χ2v) is 8.21. The van der Waals surface area contributed by atoms with Crippen LogP contribution in [0.25, 0.3) is 11.1 Å². The van der Waals surface area contributed by atoms with Crippen LogP contribution in [0, 0.1) is 6.92 Å². The number of fused-ring (bicyclic) bond motifs is 1. The van der Waals surface area contributed by atoms with Crippen molar-refractivity contribution in [1.29, 1.82) is 0 Å². The molecule has 0 bridgehead atoms. The highest BCUT2D eigenvalue weighted by atomic mass is 35.5. The van der Waals surface area contributed by atoms with Gasteiger partial charge in [-0.2, -0.15) is 5.10 Å². The molecule has 0 aliphatic carbocycles. The fraction of sp³-hybridized carbons (Fsp3) is 0.261. The lowest BCUT2D eigenvalue weighted by atomic mass is 10.2. The summed E-state index contributed by atoms with van der Waals surface area (Å²) in [4.78, 5) is 27.2. The molecule has 1 amide bonds. The Balaban J connectivity index is 1.59. The molecule has 0 unspecified atom stereocenters. The molecular weight excluding hydrogens is 430 g/mol. The first-order chi connectivity index (χ1) is 15.3. The van der Waals surface area contributed by atoms with E-state index in [9.17, 15) is 9.59 Å². The Bertz CT molecular complexity index is 1320. The van der Waals surface area contributed by atoms with Crippen molar-refractivity contribution in [2.75, 3.05) is 26.0 Å². The number of aromatic nitrogens is 3. The Morgan fingerprint density at radius 1 is 1.19 bits per heavy atom. The standard InChI is InChI=1S/C23H24ClN5O3/c1-15-20(21(24)29(26-15)14-16-7-5-4-6-8-16)22(30)25-17-9-10-19-18(13-17)28(23(31)32-19)12-11-27(2)3/h4-10,13H,11-12,14H2,1-3H3,(H,25,30). The minimum absolute atomic E-state index is 0.274. The molecule has 4 aromatic rings. The summed E-state index contributed by atoms with van der Waals surface area (Å²) in [6.07, 6.45) is 0. The maximum atomic E-state index is 13.0. The third-order valence-electron chi connectivity index (χ3n) is 5.16. The number of nitrogens with zero attached hydrogens (tertiary/aromatic N) is 4. The van der Waals surface area contributed by atoms with Gasteiger partial charge in [-0.05, 0) is 44.8 Å². The molecule has 2 aromatic carbocycles. The van der Waals surface area contributed by atoms with Gasteiger partial charge in [0.2, 0.25) is 0 Å². The number of hydrogen-bond donors (Lipinski definition) is 1. The normalized spacial score (nSPS) is 11.4. The van der Waals surface area contributed by atoms with Crippen LogP contribution in [0.4, 0.5) is 5.69 Å². The third-order valence-corrected chi connectivity index (χ3v) is 5.55. The molecule has 32 heavy (non-hydrogen) atoms. The van der Waals surface area contributed by atoms with Gasteiger partial charge in [0.15, 0.2) is 5.58 Å². The summed E-state index contributed by atoms with van der Waals surface area (Å²) >= 11 is 6.51. The zero-order valence-electron chi connectivity index (χ0n) is 18.1. The van der Waals surface area contributed by atoms with E-state index in [1.54, 1.807) is 34.4 Å². The number of oxazole rings is 1. The summed E-state index contributed by atoms with van der Waals surface area (Å²) in [5.41, 5.74) is 3.52. The number of aryl methyl sites for hydroxylation is 1. The van der Waals surface area contributed by atoms with Gasteiger partial charge in [-0.25, -0.2) is 9.48 Å². The number of rotatable bonds is 7. The summed E-state index contributed by atoms with van der Waals surface area (Å²) in [5, 5.41) is 7.58. The lowest BCUT2D eigenvalue weighted by molar-refractivity contribution is 0.102. The number of hydrogen-bond acceptors (Lipinski definition) is 5. The first-order valence-electron chi connectivity index (χ1n) is 10.2. The monoisotopic (exact) mass is 453 g/mol. The number of benzene rings is 2. The van der Waals surface area contributed by atoms with Crippen LogP contribution < -0.4 is 11.1 Å². The molecule has 0 spiro atoms. The lowest BCUT2D eigenvalue weighted by Crippen LogP contribution is -2.23. The first-order valence-corrected chi connectivity index (χ1v) is 10.6. The zero-order chi connectivity index (χ0) is 22.8. The number of carbonyl (C=O) groups is 1. The van der Waals surface area contributed by atoms with E-state index in [0.29, 0.717) is 47.7 Å². The quantitative estimate of drug-likeness (QED) is 0.462. The fourth-order valence-corrected chi connectivity index (χ4v) is 3.84. The van der Waals surface area contributed by atoms with Crippen molar-refractivity contribution in [2.45, 2.75) is 20.0 Å². The summed E-state index contributed by atoms with van der Waals surface area (Å²) in [6, 6.07) is 14.9. The molecule has 0 aliphatic rings. The largest absolute Gasteiger partial charge is 0.419 e. The van der Waals surface area contributed by atoms with Gasteiger partial charge < -0.3 is 14.6 Å². The SMILES string of the molecule is Cc1nn(Cc2ccccc2)c(Cl)c1C(=O)Nc1ccc2oc(=O)n(CCN(C)C)c2c1. The van der Waals surface area contributed by atoms with Crippen molar-refractivity contribution >= 4 is 34.3 Å². The molecule has 0 fully saturated rings. The van der Waals surface area contributed by atoms with Crippen molar-refractivity contribution in [1.82, 2.24) is 19.2 Å². The molecule has 1 N–H and O–H groups in total. The molecule has 0 aliphatic heterocycles. The van der Waals surface area contributed by atoms with Crippen LogP contribution in [0.2, 0.25) is 5.15 Å². The average molecular weight is 454 g/mol. The molecule has 0 saturated heterocycles.